The largest absolute Gasteiger partial charge is 0.476 e. The van der Waals surface area contributed by atoms with Gasteiger partial charge in [-0.25, -0.2) is 4.79 Å². The lowest BCUT2D eigenvalue weighted by Crippen LogP contribution is -2.03. The molecule has 2 rings (SSSR count). The molecule has 0 unspecified atom stereocenters. The number of aromatic nitrogens is 1. The number of nitrogens with zero attached hydrogens (tertiary/aromatic N) is 1. The molecule has 1 aromatic rings. The minimum Gasteiger partial charge on any atom is -0.476 e. The molecule has 0 spiro atoms. The lowest BCUT2D eigenvalue weighted by Gasteiger charge is -2.04. The maximum absolute atomic E-state index is 10.8. The van der Waals surface area contributed by atoms with Crippen molar-refractivity contribution in [3.63, 3.8) is 0 Å². The van der Waals surface area contributed by atoms with E-state index in [2.05, 4.69) is 4.98 Å². The summed E-state index contributed by atoms with van der Waals surface area (Å²) in [5.41, 5.74) is -0.0260. The van der Waals surface area contributed by atoms with Crippen molar-refractivity contribution in [2.75, 3.05) is 0 Å². The van der Waals surface area contributed by atoms with E-state index in [0.717, 1.165) is 25.7 Å². The molecular formula is C9H10ClNO3. The van der Waals surface area contributed by atoms with E-state index in [0.29, 0.717) is 5.76 Å². The quantitative estimate of drug-likeness (QED) is 0.824. The molecule has 76 valence electrons. The molecule has 0 aliphatic heterocycles. The lowest BCUT2D eigenvalue weighted by molar-refractivity contribution is 0.0688. The van der Waals surface area contributed by atoms with Crippen LogP contribution in [0, 0.1) is 0 Å². The van der Waals surface area contributed by atoms with Crippen LogP contribution in [0.15, 0.2) is 4.42 Å². The number of oxazole rings is 1. The van der Waals surface area contributed by atoms with E-state index in [4.69, 9.17) is 21.1 Å². The van der Waals surface area contributed by atoms with Crippen LogP contribution in [-0.2, 0) is 0 Å². The SMILES string of the molecule is O=C(O)c1nc(Cl)oc1C1CCCC1. The van der Waals surface area contributed by atoms with Gasteiger partial charge >= 0.3 is 5.97 Å². The summed E-state index contributed by atoms with van der Waals surface area (Å²) in [6.45, 7) is 0. The molecule has 1 aromatic heterocycles. The highest BCUT2D eigenvalue weighted by molar-refractivity contribution is 6.27. The highest BCUT2D eigenvalue weighted by atomic mass is 35.5. The van der Waals surface area contributed by atoms with Gasteiger partial charge in [-0.05, 0) is 24.4 Å². The first-order valence-corrected chi connectivity index (χ1v) is 4.96. The van der Waals surface area contributed by atoms with Crippen molar-refractivity contribution < 1.29 is 14.3 Å². The van der Waals surface area contributed by atoms with Gasteiger partial charge in [0.2, 0.25) is 0 Å². The Labute approximate surface area is 85.9 Å². The van der Waals surface area contributed by atoms with Gasteiger partial charge in [-0.1, -0.05) is 12.8 Å². The normalized spacial score (nSPS) is 17.5. The monoisotopic (exact) mass is 215 g/mol. The van der Waals surface area contributed by atoms with Crippen LogP contribution >= 0.6 is 11.6 Å². The summed E-state index contributed by atoms with van der Waals surface area (Å²) in [4.78, 5) is 14.5. The van der Waals surface area contributed by atoms with Crippen LogP contribution in [0.2, 0.25) is 5.35 Å². The second-order valence-electron chi connectivity index (χ2n) is 3.47. The number of halogens is 1. The Kier molecular flexibility index (Phi) is 2.46. The van der Waals surface area contributed by atoms with Gasteiger partial charge in [0, 0.05) is 5.92 Å². The van der Waals surface area contributed by atoms with E-state index in [1.54, 1.807) is 0 Å². The Hall–Kier alpha value is -1.03. The number of hydrogen-bond acceptors (Lipinski definition) is 3. The predicted molar refractivity (Wildman–Crippen MR) is 49.7 cm³/mol. The Bertz CT molecular complexity index is 355. The first kappa shape index (κ1) is 9.52. The average molecular weight is 216 g/mol. The summed E-state index contributed by atoms with van der Waals surface area (Å²) >= 11 is 5.55. The third-order valence-corrected chi connectivity index (χ3v) is 2.72. The van der Waals surface area contributed by atoms with Crippen molar-refractivity contribution in [3.05, 3.63) is 16.8 Å². The van der Waals surface area contributed by atoms with Crippen molar-refractivity contribution in [3.8, 4) is 0 Å². The third-order valence-electron chi connectivity index (χ3n) is 2.56. The van der Waals surface area contributed by atoms with E-state index in [1.165, 1.54) is 0 Å². The number of carbonyl (C=O) groups is 1. The van der Waals surface area contributed by atoms with Crippen molar-refractivity contribution >= 4 is 17.6 Å². The zero-order chi connectivity index (χ0) is 10.1. The van der Waals surface area contributed by atoms with Crippen LogP contribution < -0.4 is 0 Å². The molecule has 1 fully saturated rings. The van der Waals surface area contributed by atoms with Gasteiger partial charge in [-0.15, -0.1) is 0 Å². The minimum absolute atomic E-state index is 0.0260. The molecule has 0 radical (unpaired) electrons. The van der Waals surface area contributed by atoms with Crippen LogP contribution in [0.1, 0.15) is 47.8 Å². The maximum Gasteiger partial charge on any atom is 0.358 e. The predicted octanol–water partition coefficient (Wildman–Crippen LogP) is 2.68. The summed E-state index contributed by atoms with van der Waals surface area (Å²) < 4.78 is 5.13. The summed E-state index contributed by atoms with van der Waals surface area (Å²) in [5, 5.41) is 8.78. The number of hydrogen-bond donors (Lipinski definition) is 1. The zero-order valence-corrected chi connectivity index (χ0v) is 8.25. The maximum atomic E-state index is 10.8. The first-order valence-electron chi connectivity index (χ1n) is 4.58. The van der Waals surface area contributed by atoms with Gasteiger partial charge in [-0.2, -0.15) is 4.98 Å². The van der Waals surface area contributed by atoms with E-state index in [-0.39, 0.29) is 17.0 Å². The van der Waals surface area contributed by atoms with Crippen LogP contribution in [-0.4, -0.2) is 16.1 Å². The fraction of sp³-hybridized carbons (Fsp3) is 0.556. The number of carboxylic acids is 1. The zero-order valence-electron chi connectivity index (χ0n) is 7.49. The van der Waals surface area contributed by atoms with Crippen LogP contribution in [0.25, 0.3) is 0 Å². The molecule has 1 aliphatic rings. The third kappa shape index (κ3) is 1.62. The van der Waals surface area contributed by atoms with E-state index >= 15 is 0 Å². The van der Waals surface area contributed by atoms with Crippen molar-refractivity contribution in [2.24, 2.45) is 0 Å². The number of aromatic carboxylic acids is 1. The van der Waals surface area contributed by atoms with Gasteiger partial charge < -0.3 is 9.52 Å². The van der Waals surface area contributed by atoms with Crippen LogP contribution in [0.4, 0.5) is 0 Å². The standard InChI is InChI=1S/C9H10ClNO3/c10-9-11-6(8(12)13)7(14-9)5-3-1-2-4-5/h5H,1-4H2,(H,12,13). The number of carboxylic acid groups (broad SMARTS) is 1. The lowest BCUT2D eigenvalue weighted by atomic mass is 10.0. The molecule has 1 heterocycles. The van der Waals surface area contributed by atoms with Gasteiger partial charge in [0.05, 0.1) is 0 Å². The average Bonchev–Trinajstić information content (AvgIpc) is 2.70. The van der Waals surface area contributed by atoms with Crippen molar-refractivity contribution in [1.29, 1.82) is 0 Å². The van der Waals surface area contributed by atoms with Crippen LogP contribution in [0.3, 0.4) is 0 Å². The highest BCUT2D eigenvalue weighted by Gasteiger charge is 2.28. The Morgan fingerprint density at radius 3 is 2.71 bits per heavy atom. The summed E-state index contributed by atoms with van der Waals surface area (Å²) in [5.74, 6) is -0.441. The molecule has 5 heteroatoms. The second kappa shape index (κ2) is 3.61. The molecular weight excluding hydrogens is 206 g/mol. The molecule has 1 N–H and O–H groups in total. The molecule has 1 saturated carbocycles. The van der Waals surface area contributed by atoms with Gasteiger partial charge in [0.15, 0.2) is 5.69 Å². The van der Waals surface area contributed by atoms with Crippen LogP contribution in [0.5, 0.6) is 0 Å². The molecule has 0 atom stereocenters. The summed E-state index contributed by atoms with van der Waals surface area (Å²) in [7, 11) is 0. The minimum atomic E-state index is -1.07. The topological polar surface area (TPSA) is 63.3 Å². The van der Waals surface area contributed by atoms with E-state index in [1.807, 2.05) is 0 Å². The molecule has 0 saturated heterocycles. The fourth-order valence-corrected chi connectivity index (χ4v) is 2.09. The second-order valence-corrected chi connectivity index (χ2v) is 3.79. The fourth-order valence-electron chi connectivity index (χ4n) is 1.92. The van der Waals surface area contributed by atoms with E-state index in [9.17, 15) is 4.79 Å². The highest BCUT2D eigenvalue weighted by Crippen LogP contribution is 2.36. The Morgan fingerprint density at radius 1 is 1.50 bits per heavy atom. The van der Waals surface area contributed by atoms with Gasteiger partial charge in [-0.3, -0.25) is 0 Å². The molecule has 14 heavy (non-hydrogen) atoms. The first-order chi connectivity index (χ1) is 6.68. The van der Waals surface area contributed by atoms with Crippen molar-refractivity contribution in [1.82, 2.24) is 4.98 Å². The summed E-state index contributed by atoms with van der Waals surface area (Å²) in [6, 6.07) is 0. The Morgan fingerprint density at radius 2 is 2.14 bits per heavy atom. The number of rotatable bonds is 2. The van der Waals surface area contributed by atoms with Gasteiger partial charge in [0.25, 0.3) is 5.35 Å². The molecule has 4 nitrogen and oxygen atoms in total. The molecule has 1 aliphatic carbocycles. The molecule has 0 bridgehead atoms. The summed E-state index contributed by atoms with van der Waals surface area (Å²) in [6.07, 6.45) is 4.15. The van der Waals surface area contributed by atoms with Crippen molar-refractivity contribution in [2.45, 2.75) is 31.6 Å². The van der Waals surface area contributed by atoms with E-state index < -0.39 is 5.97 Å². The van der Waals surface area contributed by atoms with Gasteiger partial charge in [0.1, 0.15) is 5.76 Å². The molecule has 0 aromatic carbocycles. The smallest absolute Gasteiger partial charge is 0.358 e. The molecule has 0 amide bonds. The Balaban J connectivity index is 2.35.